The number of aryl methyl sites for hydroxylation is 2. The number of rotatable bonds is 4. The van der Waals surface area contributed by atoms with Crippen molar-refractivity contribution >= 4 is 11.6 Å². The Morgan fingerprint density at radius 2 is 2.39 bits per heavy atom. The number of hydrogen-bond acceptors (Lipinski definition) is 4. The van der Waals surface area contributed by atoms with Gasteiger partial charge in [-0.3, -0.25) is 9.58 Å². The van der Waals surface area contributed by atoms with E-state index in [0.29, 0.717) is 0 Å². The number of aromatic nitrogens is 2. The highest BCUT2D eigenvalue weighted by Gasteiger charge is 2.18. The minimum absolute atomic E-state index is 0.263. The zero-order valence-electron chi connectivity index (χ0n) is 11.2. The molecule has 2 rings (SSSR count). The molecule has 2 heterocycles. The molecule has 1 saturated heterocycles. The molecule has 18 heavy (non-hydrogen) atoms. The fourth-order valence-corrected chi connectivity index (χ4v) is 2.51. The zero-order chi connectivity index (χ0) is 13.1. The van der Waals surface area contributed by atoms with Gasteiger partial charge in [0.1, 0.15) is 5.15 Å². The van der Waals surface area contributed by atoms with Gasteiger partial charge in [0.05, 0.1) is 18.4 Å². The Morgan fingerprint density at radius 3 is 2.94 bits per heavy atom. The fourth-order valence-electron chi connectivity index (χ4n) is 2.27. The third-order valence-electron chi connectivity index (χ3n) is 3.22. The molecule has 1 fully saturated rings. The Kier molecular flexibility index (Phi) is 4.61. The highest BCUT2D eigenvalue weighted by Crippen LogP contribution is 2.20. The van der Waals surface area contributed by atoms with Crippen LogP contribution in [0.3, 0.4) is 0 Å². The van der Waals surface area contributed by atoms with Crippen molar-refractivity contribution in [2.24, 2.45) is 7.05 Å². The van der Waals surface area contributed by atoms with E-state index in [4.69, 9.17) is 16.3 Å². The SMILES string of the molecule is Cc1nn(C)c(Cl)c1CN(C)CC1CNCCO1. The first kappa shape index (κ1) is 13.8. The summed E-state index contributed by atoms with van der Waals surface area (Å²) in [7, 11) is 3.95. The normalized spacial score (nSPS) is 20.6. The molecule has 1 N–H and O–H groups in total. The molecule has 5 nitrogen and oxygen atoms in total. The largest absolute Gasteiger partial charge is 0.374 e. The van der Waals surface area contributed by atoms with Crippen LogP contribution in [0.25, 0.3) is 0 Å². The average Bonchev–Trinajstić information content (AvgIpc) is 2.57. The number of halogens is 1. The van der Waals surface area contributed by atoms with Gasteiger partial charge in [-0.1, -0.05) is 11.6 Å². The van der Waals surface area contributed by atoms with Crippen LogP contribution in [-0.2, 0) is 18.3 Å². The quantitative estimate of drug-likeness (QED) is 0.881. The first-order valence-electron chi connectivity index (χ1n) is 6.26. The summed E-state index contributed by atoms with van der Waals surface area (Å²) in [5, 5.41) is 8.39. The van der Waals surface area contributed by atoms with Crippen LogP contribution in [-0.4, -0.2) is 54.1 Å². The molecule has 1 aromatic heterocycles. The maximum absolute atomic E-state index is 6.23. The summed E-state index contributed by atoms with van der Waals surface area (Å²) in [6.07, 6.45) is 0.263. The molecule has 1 aliphatic heterocycles. The monoisotopic (exact) mass is 272 g/mol. The highest BCUT2D eigenvalue weighted by atomic mass is 35.5. The van der Waals surface area contributed by atoms with Crippen molar-refractivity contribution < 1.29 is 4.74 Å². The summed E-state index contributed by atoms with van der Waals surface area (Å²) in [5.74, 6) is 0. The third-order valence-corrected chi connectivity index (χ3v) is 3.69. The second kappa shape index (κ2) is 6.02. The Balaban J connectivity index is 1.91. The lowest BCUT2D eigenvalue weighted by atomic mass is 10.2. The Labute approximate surface area is 113 Å². The molecule has 6 heteroatoms. The first-order valence-corrected chi connectivity index (χ1v) is 6.64. The van der Waals surface area contributed by atoms with E-state index in [1.165, 1.54) is 0 Å². The fraction of sp³-hybridized carbons (Fsp3) is 0.750. The zero-order valence-corrected chi connectivity index (χ0v) is 12.0. The minimum Gasteiger partial charge on any atom is -0.374 e. The summed E-state index contributed by atoms with van der Waals surface area (Å²) < 4.78 is 7.41. The van der Waals surface area contributed by atoms with Crippen LogP contribution in [0.4, 0.5) is 0 Å². The summed E-state index contributed by atoms with van der Waals surface area (Å²) in [6.45, 7) is 6.37. The average molecular weight is 273 g/mol. The number of likely N-dealkylation sites (N-methyl/N-ethyl adjacent to an activating group) is 1. The summed E-state index contributed by atoms with van der Waals surface area (Å²) in [6, 6.07) is 0. The molecule has 1 aliphatic rings. The van der Waals surface area contributed by atoms with Gasteiger partial charge >= 0.3 is 0 Å². The number of ether oxygens (including phenoxy) is 1. The molecule has 0 bridgehead atoms. The van der Waals surface area contributed by atoms with Crippen molar-refractivity contribution in [3.8, 4) is 0 Å². The van der Waals surface area contributed by atoms with Gasteiger partial charge in [-0.15, -0.1) is 0 Å². The summed E-state index contributed by atoms with van der Waals surface area (Å²) in [5.41, 5.74) is 2.10. The van der Waals surface area contributed by atoms with Gasteiger partial charge in [0, 0.05) is 38.8 Å². The topological polar surface area (TPSA) is 42.3 Å². The predicted molar refractivity (Wildman–Crippen MR) is 71.9 cm³/mol. The number of morpholine rings is 1. The van der Waals surface area contributed by atoms with Gasteiger partial charge in [0.25, 0.3) is 0 Å². The summed E-state index contributed by atoms with van der Waals surface area (Å²) in [4.78, 5) is 2.23. The molecule has 0 radical (unpaired) electrons. The third kappa shape index (κ3) is 3.23. The van der Waals surface area contributed by atoms with Gasteiger partial charge in [0.2, 0.25) is 0 Å². The second-order valence-corrected chi connectivity index (χ2v) is 5.23. The highest BCUT2D eigenvalue weighted by molar-refractivity contribution is 6.30. The maximum Gasteiger partial charge on any atom is 0.131 e. The first-order chi connectivity index (χ1) is 8.58. The molecule has 1 aromatic rings. The van der Waals surface area contributed by atoms with Crippen LogP contribution in [0.1, 0.15) is 11.3 Å². The van der Waals surface area contributed by atoms with Crippen LogP contribution < -0.4 is 5.32 Å². The van der Waals surface area contributed by atoms with Crippen molar-refractivity contribution in [2.45, 2.75) is 19.6 Å². The standard InChI is InChI=1S/C12H21ClN4O/c1-9-11(12(13)17(3)15-9)8-16(2)7-10-6-14-4-5-18-10/h10,14H,4-8H2,1-3H3. The van der Waals surface area contributed by atoms with Gasteiger partial charge in [0.15, 0.2) is 0 Å². The molecule has 0 aromatic carbocycles. The van der Waals surface area contributed by atoms with Crippen molar-refractivity contribution in [1.29, 1.82) is 0 Å². The van der Waals surface area contributed by atoms with Crippen LogP contribution in [0.5, 0.6) is 0 Å². The molecule has 1 unspecified atom stereocenters. The molecule has 1 atom stereocenters. The van der Waals surface area contributed by atoms with Crippen molar-refractivity contribution in [1.82, 2.24) is 20.0 Å². The Bertz CT molecular complexity index is 401. The Morgan fingerprint density at radius 1 is 1.61 bits per heavy atom. The van der Waals surface area contributed by atoms with Gasteiger partial charge in [-0.2, -0.15) is 5.10 Å². The van der Waals surface area contributed by atoms with E-state index >= 15 is 0 Å². The van der Waals surface area contributed by atoms with Gasteiger partial charge in [-0.25, -0.2) is 0 Å². The molecule has 0 amide bonds. The van der Waals surface area contributed by atoms with Crippen molar-refractivity contribution in [3.63, 3.8) is 0 Å². The minimum atomic E-state index is 0.263. The number of nitrogens with one attached hydrogen (secondary N) is 1. The molecule has 0 spiro atoms. The van der Waals surface area contributed by atoms with Crippen LogP contribution in [0, 0.1) is 6.92 Å². The number of nitrogens with zero attached hydrogens (tertiary/aromatic N) is 3. The van der Waals surface area contributed by atoms with E-state index in [1.807, 2.05) is 14.0 Å². The molecule has 0 saturated carbocycles. The van der Waals surface area contributed by atoms with E-state index in [9.17, 15) is 0 Å². The molecular formula is C12H21ClN4O. The van der Waals surface area contributed by atoms with Gasteiger partial charge < -0.3 is 10.1 Å². The smallest absolute Gasteiger partial charge is 0.131 e. The second-order valence-electron chi connectivity index (χ2n) is 4.87. The lowest BCUT2D eigenvalue weighted by Gasteiger charge is -2.28. The van der Waals surface area contributed by atoms with E-state index in [2.05, 4.69) is 22.4 Å². The van der Waals surface area contributed by atoms with E-state index in [0.717, 1.165) is 49.2 Å². The van der Waals surface area contributed by atoms with Crippen LogP contribution in [0.2, 0.25) is 5.15 Å². The van der Waals surface area contributed by atoms with Crippen LogP contribution in [0.15, 0.2) is 0 Å². The lowest BCUT2D eigenvalue weighted by Crippen LogP contribution is -2.44. The van der Waals surface area contributed by atoms with Crippen LogP contribution >= 0.6 is 11.6 Å². The van der Waals surface area contributed by atoms with Crippen molar-refractivity contribution in [3.05, 3.63) is 16.4 Å². The molecule has 102 valence electrons. The number of hydrogen-bond donors (Lipinski definition) is 1. The Hall–Kier alpha value is -0.620. The van der Waals surface area contributed by atoms with E-state index in [1.54, 1.807) is 4.68 Å². The predicted octanol–water partition coefficient (Wildman–Crippen LogP) is 0.802. The molecule has 0 aliphatic carbocycles. The summed E-state index contributed by atoms with van der Waals surface area (Å²) >= 11 is 6.23. The van der Waals surface area contributed by atoms with E-state index in [-0.39, 0.29) is 6.10 Å². The maximum atomic E-state index is 6.23. The van der Waals surface area contributed by atoms with Crippen molar-refractivity contribution in [2.75, 3.05) is 33.3 Å². The lowest BCUT2D eigenvalue weighted by molar-refractivity contribution is 0.00882. The van der Waals surface area contributed by atoms with E-state index < -0.39 is 0 Å². The van der Waals surface area contributed by atoms with Gasteiger partial charge in [-0.05, 0) is 14.0 Å². The molecular weight excluding hydrogens is 252 g/mol.